The number of piperidine rings is 1. The zero-order valence-electron chi connectivity index (χ0n) is 12.5. The van der Waals surface area contributed by atoms with Crippen LogP contribution in [0.4, 0.5) is 0 Å². The second-order valence-corrected chi connectivity index (χ2v) is 5.64. The summed E-state index contributed by atoms with van der Waals surface area (Å²) in [6.07, 6.45) is 9.07. The van der Waals surface area contributed by atoms with Crippen LogP contribution in [0, 0.1) is 0 Å². The van der Waals surface area contributed by atoms with E-state index in [1.807, 2.05) is 0 Å². The lowest BCUT2D eigenvalue weighted by atomic mass is 9.75. The van der Waals surface area contributed by atoms with Crippen LogP contribution in [-0.2, 0) is 9.47 Å². The fourth-order valence-corrected chi connectivity index (χ4v) is 3.80. The summed E-state index contributed by atoms with van der Waals surface area (Å²) in [5, 5.41) is 0. The molecule has 0 saturated carbocycles. The molecule has 0 radical (unpaired) electrons. The summed E-state index contributed by atoms with van der Waals surface area (Å²) in [6.45, 7) is 1.21. The van der Waals surface area contributed by atoms with Crippen LogP contribution in [0.25, 0.3) is 0 Å². The highest BCUT2D eigenvalue weighted by molar-refractivity contribution is 5.85. The number of methoxy groups -OCH3 is 2. The first kappa shape index (κ1) is 15.6. The number of hydrogen-bond acceptors (Lipinski definition) is 3. The summed E-state index contributed by atoms with van der Waals surface area (Å²) in [7, 11) is 5.81. The van der Waals surface area contributed by atoms with E-state index in [1.54, 1.807) is 19.8 Å². The normalized spacial score (nSPS) is 29.8. The minimum absolute atomic E-state index is 0. The Morgan fingerprint density at radius 1 is 1.25 bits per heavy atom. The van der Waals surface area contributed by atoms with E-state index < -0.39 is 0 Å². The van der Waals surface area contributed by atoms with Crippen LogP contribution >= 0.6 is 12.4 Å². The Labute approximate surface area is 127 Å². The van der Waals surface area contributed by atoms with Crippen molar-refractivity contribution in [2.45, 2.75) is 37.8 Å². The van der Waals surface area contributed by atoms with Crippen molar-refractivity contribution in [3.8, 4) is 0 Å². The number of ether oxygens (including phenoxy) is 2. The molecular formula is C16H24ClNO2. The van der Waals surface area contributed by atoms with Gasteiger partial charge in [-0.3, -0.25) is 4.90 Å². The minimum atomic E-state index is 0. The molecule has 0 bridgehead atoms. The van der Waals surface area contributed by atoms with Crippen LogP contribution in [0.5, 0.6) is 0 Å². The van der Waals surface area contributed by atoms with Crippen molar-refractivity contribution in [2.75, 3.05) is 27.8 Å². The molecule has 3 rings (SSSR count). The molecule has 2 aliphatic carbocycles. The van der Waals surface area contributed by atoms with Gasteiger partial charge in [-0.15, -0.1) is 12.4 Å². The molecule has 1 fully saturated rings. The van der Waals surface area contributed by atoms with E-state index in [1.165, 1.54) is 37.0 Å². The van der Waals surface area contributed by atoms with Crippen LogP contribution in [0.1, 0.15) is 25.7 Å². The average molecular weight is 298 g/mol. The van der Waals surface area contributed by atoms with E-state index in [0.29, 0.717) is 6.04 Å². The Balaban J connectivity index is 0.00000147. The molecule has 0 aromatic carbocycles. The monoisotopic (exact) mass is 297 g/mol. The van der Waals surface area contributed by atoms with Gasteiger partial charge >= 0.3 is 0 Å². The summed E-state index contributed by atoms with van der Waals surface area (Å²) < 4.78 is 11.2. The van der Waals surface area contributed by atoms with E-state index in [2.05, 4.69) is 24.1 Å². The molecular weight excluding hydrogens is 274 g/mol. The number of nitrogens with zero attached hydrogens (tertiary/aromatic N) is 1. The highest BCUT2D eigenvalue weighted by atomic mass is 35.5. The van der Waals surface area contributed by atoms with Gasteiger partial charge in [0.1, 0.15) is 11.9 Å². The van der Waals surface area contributed by atoms with E-state index >= 15 is 0 Å². The summed E-state index contributed by atoms with van der Waals surface area (Å²) in [4.78, 5) is 2.50. The number of halogens is 1. The molecule has 0 amide bonds. The van der Waals surface area contributed by atoms with Gasteiger partial charge in [0.2, 0.25) is 0 Å². The number of hydrogen-bond donors (Lipinski definition) is 0. The van der Waals surface area contributed by atoms with Crippen molar-refractivity contribution in [1.29, 1.82) is 0 Å². The van der Waals surface area contributed by atoms with Crippen LogP contribution in [0.3, 0.4) is 0 Å². The molecule has 112 valence electrons. The minimum Gasteiger partial charge on any atom is -0.496 e. The van der Waals surface area contributed by atoms with Gasteiger partial charge in [-0.25, -0.2) is 0 Å². The Morgan fingerprint density at radius 3 is 2.75 bits per heavy atom. The Morgan fingerprint density at radius 2 is 2.05 bits per heavy atom. The number of allylic oxidation sites excluding steroid dienone is 1. The van der Waals surface area contributed by atoms with E-state index in [0.717, 1.165) is 12.2 Å². The van der Waals surface area contributed by atoms with Crippen molar-refractivity contribution in [2.24, 2.45) is 0 Å². The molecule has 4 heteroatoms. The van der Waals surface area contributed by atoms with Gasteiger partial charge in [-0.2, -0.15) is 0 Å². The molecule has 3 aliphatic rings. The molecule has 1 heterocycles. The maximum Gasteiger partial charge on any atom is 0.122 e. The molecule has 2 atom stereocenters. The molecule has 3 nitrogen and oxygen atoms in total. The van der Waals surface area contributed by atoms with Crippen LogP contribution < -0.4 is 0 Å². The molecule has 0 aromatic heterocycles. The predicted molar refractivity (Wildman–Crippen MR) is 83.1 cm³/mol. The molecule has 0 aromatic rings. The lowest BCUT2D eigenvalue weighted by Gasteiger charge is -2.42. The predicted octanol–water partition coefficient (Wildman–Crippen LogP) is 3.08. The van der Waals surface area contributed by atoms with Crippen molar-refractivity contribution < 1.29 is 9.47 Å². The Hall–Kier alpha value is -0.770. The van der Waals surface area contributed by atoms with Crippen molar-refractivity contribution >= 4 is 12.4 Å². The van der Waals surface area contributed by atoms with Crippen molar-refractivity contribution in [1.82, 2.24) is 4.90 Å². The third-order valence-corrected chi connectivity index (χ3v) is 4.71. The smallest absolute Gasteiger partial charge is 0.122 e. The van der Waals surface area contributed by atoms with Crippen LogP contribution in [0.15, 0.2) is 34.6 Å². The van der Waals surface area contributed by atoms with E-state index in [-0.39, 0.29) is 18.5 Å². The fraction of sp³-hybridized carbons (Fsp3) is 0.625. The first-order valence-electron chi connectivity index (χ1n) is 7.18. The fourth-order valence-electron chi connectivity index (χ4n) is 3.80. The zero-order valence-corrected chi connectivity index (χ0v) is 13.3. The lowest BCUT2D eigenvalue weighted by Crippen LogP contribution is -2.42. The molecule has 2 unspecified atom stereocenters. The first-order chi connectivity index (χ1) is 9.26. The standard InChI is InChI=1S/C16H23NO2.ClH/c1-17-10-4-5-11-13(17)7-6-12-14(18-2)8-9-15(19-3)16(11)12;/h8-9,13,15H,4-7,10H2,1-3H3;1H. The van der Waals surface area contributed by atoms with Gasteiger partial charge in [0.25, 0.3) is 0 Å². The molecule has 20 heavy (non-hydrogen) atoms. The highest BCUT2D eigenvalue weighted by Gasteiger charge is 2.36. The average Bonchev–Trinajstić information content (AvgIpc) is 2.46. The van der Waals surface area contributed by atoms with Crippen LogP contribution in [-0.4, -0.2) is 44.9 Å². The van der Waals surface area contributed by atoms with E-state index in [9.17, 15) is 0 Å². The second kappa shape index (κ2) is 6.33. The van der Waals surface area contributed by atoms with Gasteiger partial charge in [-0.1, -0.05) is 0 Å². The summed E-state index contributed by atoms with van der Waals surface area (Å²) in [6, 6.07) is 0.606. The number of rotatable bonds is 2. The summed E-state index contributed by atoms with van der Waals surface area (Å²) >= 11 is 0. The lowest BCUT2D eigenvalue weighted by molar-refractivity contribution is 0.154. The molecule has 1 aliphatic heterocycles. The Kier molecular flexibility index (Phi) is 4.95. The molecule has 0 spiro atoms. The molecule has 0 N–H and O–H groups in total. The number of likely N-dealkylation sites (tertiary alicyclic amines) is 1. The van der Waals surface area contributed by atoms with Crippen molar-refractivity contribution in [3.05, 3.63) is 34.6 Å². The van der Waals surface area contributed by atoms with Gasteiger partial charge in [0, 0.05) is 18.7 Å². The first-order valence-corrected chi connectivity index (χ1v) is 7.18. The SMILES string of the molecule is COC1=C2CCC3C(=C2C(OC)C=C1)CCCN3C.Cl. The second-order valence-electron chi connectivity index (χ2n) is 5.64. The van der Waals surface area contributed by atoms with Gasteiger partial charge in [0.05, 0.1) is 7.11 Å². The van der Waals surface area contributed by atoms with Gasteiger partial charge in [0.15, 0.2) is 0 Å². The van der Waals surface area contributed by atoms with E-state index in [4.69, 9.17) is 9.47 Å². The Bertz CT molecular complexity index is 467. The zero-order chi connectivity index (χ0) is 13.4. The van der Waals surface area contributed by atoms with Gasteiger partial charge < -0.3 is 9.47 Å². The quantitative estimate of drug-likeness (QED) is 0.782. The number of fused-ring (bicyclic) bond motifs is 2. The third kappa shape index (κ3) is 2.43. The van der Waals surface area contributed by atoms with Crippen LogP contribution in [0.2, 0.25) is 0 Å². The topological polar surface area (TPSA) is 21.7 Å². The summed E-state index contributed by atoms with van der Waals surface area (Å²) in [5.41, 5.74) is 4.36. The third-order valence-electron chi connectivity index (χ3n) is 4.71. The maximum atomic E-state index is 5.68. The maximum absolute atomic E-state index is 5.68. The summed E-state index contributed by atoms with van der Waals surface area (Å²) in [5.74, 6) is 1.03. The van der Waals surface area contributed by atoms with Crippen molar-refractivity contribution in [3.63, 3.8) is 0 Å². The highest BCUT2D eigenvalue weighted by Crippen LogP contribution is 2.42. The van der Waals surface area contributed by atoms with Gasteiger partial charge in [-0.05, 0) is 62.6 Å². The molecule has 1 saturated heterocycles. The largest absolute Gasteiger partial charge is 0.496 e. The number of likely N-dealkylation sites (N-methyl/N-ethyl adjacent to an activating group) is 1.